The van der Waals surface area contributed by atoms with Gasteiger partial charge in [0.05, 0.1) is 22.1 Å². The maximum Gasteiger partial charge on any atom is 0.147 e. The van der Waals surface area contributed by atoms with Crippen molar-refractivity contribution < 1.29 is 4.39 Å². The lowest BCUT2D eigenvalue weighted by Crippen LogP contribution is -2.04. The fourth-order valence-electron chi connectivity index (χ4n) is 2.39. The van der Waals surface area contributed by atoms with Gasteiger partial charge in [-0.15, -0.1) is 11.6 Å². The molecule has 0 bridgehead atoms. The van der Waals surface area contributed by atoms with Crippen LogP contribution in [0.4, 0.5) is 4.39 Å². The normalized spacial score (nSPS) is 12.8. The van der Waals surface area contributed by atoms with Crippen LogP contribution in [0.15, 0.2) is 40.9 Å². The highest BCUT2D eigenvalue weighted by molar-refractivity contribution is 9.10. The molecule has 0 saturated carbocycles. The Kier molecular flexibility index (Phi) is 3.76. The van der Waals surface area contributed by atoms with Crippen LogP contribution in [0.3, 0.4) is 0 Å². The Balaban J connectivity index is 2.39. The number of alkyl halides is 1. The molecule has 0 amide bonds. The number of aromatic nitrogens is 2. The number of nitrogens with zero attached hydrogens (tertiary/aromatic N) is 2. The molecule has 0 N–H and O–H groups in total. The predicted molar refractivity (Wildman–Crippen MR) is 87.7 cm³/mol. The zero-order valence-corrected chi connectivity index (χ0v) is 13.9. The van der Waals surface area contributed by atoms with Crippen LogP contribution >= 0.6 is 27.5 Å². The second-order valence-corrected chi connectivity index (χ2v) is 6.58. The lowest BCUT2D eigenvalue weighted by molar-refractivity contribution is 0.616. The average molecular weight is 368 g/mol. The maximum atomic E-state index is 14.3. The zero-order chi connectivity index (χ0) is 15.1. The Morgan fingerprint density at radius 1 is 1.24 bits per heavy atom. The van der Waals surface area contributed by atoms with Crippen LogP contribution in [0.1, 0.15) is 23.7 Å². The molecule has 5 heteroatoms. The molecule has 0 aliphatic rings. The Hall–Kier alpha value is -1.39. The molecule has 2 nitrogen and oxygen atoms in total. The van der Waals surface area contributed by atoms with Gasteiger partial charge in [-0.1, -0.05) is 22.0 Å². The third-order valence-corrected chi connectivity index (χ3v) is 4.03. The van der Waals surface area contributed by atoms with E-state index in [0.29, 0.717) is 11.5 Å². The lowest BCUT2D eigenvalue weighted by atomic mass is 10.2. The number of hydrogen-bond acceptors (Lipinski definition) is 1. The van der Waals surface area contributed by atoms with Crippen LogP contribution in [0.5, 0.6) is 0 Å². The molecule has 1 unspecified atom stereocenters. The van der Waals surface area contributed by atoms with Gasteiger partial charge in [-0.25, -0.2) is 9.37 Å². The van der Waals surface area contributed by atoms with Gasteiger partial charge in [0.25, 0.3) is 0 Å². The number of hydrogen-bond donors (Lipinski definition) is 0. The standard InChI is InChI=1S/C16H13BrClFN2/c1-9-3-5-12(19)15(7-9)21-14-6-4-11(17)8-13(14)20-16(21)10(2)18/h3-8,10H,1-2H3. The van der Waals surface area contributed by atoms with E-state index in [9.17, 15) is 4.39 Å². The van der Waals surface area contributed by atoms with E-state index in [0.717, 1.165) is 21.1 Å². The quantitative estimate of drug-likeness (QED) is 0.544. The van der Waals surface area contributed by atoms with Crippen molar-refractivity contribution in [2.45, 2.75) is 19.2 Å². The van der Waals surface area contributed by atoms with Crippen LogP contribution in [-0.4, -0.2) is 9.55 Å². The summed E-state index contributed by atoms with van der Waals surface area (Å²) >= 11 is 9.67. The third-order valence-electron chi connectivity index (χ3n) is 3.34. The topological polar surface area (TPSA) is 17.8 Å². The molecule has 0 aliphatic heterocycles. The molecule has 1 atom stereocenters. The molecule has 21 heavy (non-hydrogen) atoms. The zero-order valence-electron chi connectivity index (χ0n) is 11.6. The molecule has 1 heterocycles. The highest BCUT2D eigenvalue weighted by atomic mass is 79.9. The van der Waals surface area contributed by atoms with Crippen LogP contribution < -0.4 is 0 Å². The molecule has 3 rings (SSSR count). The van der Waals surface area contributed by atoms with Crippen molar-refractivity contribution in [3.05, 3.63) is 58.1 Å². The molecule has 108 valence electrons. The largest absolute Gasteiger partial charge is 0.292 e. The summed E-state index contributed by atoms with van der Waals surface area (Å²) in [6.45, 7) is 3.77. The van der Waals surface area contributed by atoms with E-state index in [-0.39, 0.29) is 11.2 Å². The number of rotatable bonds is 2. The minimum absolute atomic E-state index is 0.290. The summed E-state index contributed by atoms with van der Waals surface area (Å²) in [5.74, 6) is 0.343. The van der Waals surface area contributed by atoms with Gasteiger partial charge in [0.2, 0.25) is 0 Å². The molecule has 0 saturated heterocycles. The highest BCUT2D eigenvalue weighted by Gasteiger charge is 2.18. The van der Waals surface area contributed by atoms with Crippen LogP contribution in [0.2, 0.25) is 0 Å². The number of benzene rings is 2. The molecule has 3 aromatic rings. The van der Waals surface area contributed by atoms with Crippen LogP contribution in [-0.2, 0) is 0 Å². The van der Waals surface area contributed by atoms with E-state index in [1.807, 2.05) is 32.0 Å². The second-order valence-electron chi connectivity index (χ2n) is 5.01. The fraction of sp³-hybridized carbons (Fsp3) is 0.188. The van der Waals surface area contributed by atoms with Crippen molar-refractivity contribution in [2.75, 3.05) is 0 Å². The Morgan fingerprint density at radius 3 is 2.71 bits per heavy atom. The molecule has 0 spiro atoms. The summed E-state index contributed by atoms with van der Waals surface area (Å²) in [7, 11) is 0. The SMILES string of the molecule is Cc1ccc(F)c(-n2c(C(C)Cl)nc3cc(Br)ccc32)c1. The van der Waals surface area contributed by atoms with E-state index in [4.69, 9.17) is 11.6 Å². The third kappa shape index (κ3) is 2.58. The monoisotopic (exact) mass is 366 g/mol. The number of imidazole rings is 1. The Morgan fingerprint density at radius 2 is 2.00 bits per heavy atom. The summed E-state index contributed by atoms with van der Waals surface area (Å²) in [4.78, 5) is 4.55. The number of fused-ring (bicyclic) bond motifs is 1. The summed E-state index contributed by atoms with van der Waals surface area (Å²) < 4.78 is 17.0. The van der Waals surface area contributed by atoms with E-state index in [1.54, 1.807) is 16.7 Å². The van der Waals surface area contributed by atoms with Crippen LogP contribution in [0.25, 0.3) is 16.7 Å². The average Bonchev–Trinajstić information content (AvgIpc) is 2.80. The first-order valence-electron chi connectivity index (χ1n) is 6.56. The minimum Gasteiger partial charge on any atom is -0.292 e. The van der Waals surface area contributed by atoms with Gasteiger partial charge in [0.15, 0.2) is 0 Å². The molecular weight excluding hydrogens is 355 g/mol. The molecule has 0 fully saturated rings. The first kappa shape index (κ1) is 14.5. The lowest BCUT2D eigenvalue weighted by Gasteiger charge is -2.12. The van der Waals surface area contributed by atoms with Gasteiger partial charge < -0.3 is 0 Å². The van der Waals surface area contributed by atoms with E-state index < -0.39 is 0 Å². The van der Waals surface area contributed by atoms with Gasteiger partial charge in [-0.05, 0) is 49.7 Å². The van der Waals surface area contributed by atoms with Gasteiger partial charge in [-0.2, -0.15) is 0 Å². The van der Waals surface area contributed by atoms with Crippen LogP contribution in [0, 0.1) is 12.7 Å². The van der Waals surface area contributed by atoms with Gasteiger partial charge in [-0.3, -0.25) is 4.57 Å². The van der Waals surface area contributed by atoms with E-state index >= 15 is 0 Å². The van der Waals surface area contributed by atoms with Crippen molar-refractivity contribution in [1.29, 1.82) is 0 Å². The van der Waals surface area contributed by atoms with E-state index in [2.05, 4.69) is 20.9 Å². The minimum atomic E-state index is -0.323. The highest BCUT2D eigenvalue weighted by Crippen LogP contribution is 2.31. The Bertz CT molecular complexity index is 827. The number of aryl methyl sites for hydroxylation is 1. The van der Waals surface area contributed by atoms with Crippen molar-refractivity contribution in [1.82, 2.24) is 9.55 Å². The predicted octanol–water partition coefficient (Wildman–Crippen LogP) is 5.54. The van der Waals surface area contributed by atoms with Crippen molar-refractivity contribution >= 4 is 38.6 Å². The smallest absolute Gasteiger partial charge is 0.147 e. The summed E-state index contributed by atoms with van der Waals surface area (Å²) in [6, 6.07) is 10.8. The van der Waals surface area contributed by atoms with Crippen molar-refractivity contribution in [3.63, 3.8) is 0 Å². The summed E-state index contributed by atoms with van der Waals surface area (Å²) in [5, 5.41) is -0.323. The van der Waals surface area contributed by atoms with Crippen molar-refractivity contribution in [2.24, 2.45) is 0 Å². The Labute approximate surface area is 135 Å². The maximum absolute atomic E-state index is 14.3. The van der Waals surface area contributed by atoms with Gasteiger partial charge >= 0.3 is 0 Å². The fourth-order valence-corrected chi connectivity index (χ4v) is 2.88. The first-order valence-corrected chi connectivity index (χ1v) is 7.79. The van der Waals surface area contributed by atoms with Crippen molar-refractivity contribution in [3.8, 4) is 5.69 Å². The second kappa shape index (κ2) is 5.43. The summed E-state index contributed by atoms with van der Waals surface area (Å²) in [6.07, 6.45) is 0. The molecule has 2 aromatic carbocycles. The summed E-state index contributed by atoms with van der Waals surface area (Å²) in [5.41, 5.74) is 3.08. The number of halogens is 3. The first-order chi connectivity index (χ1) is 9.97. The molecule has 1 aromatic heterocycles. The molecule has 0 aliphatic carbocycles. The van der Waals surface area contributed by atoms with Gasteiger partial charge in [0.1, 0.15) is 11.6 Å². The molecular formula is C16H13BrClFN2. The van der Waals surface area contributed by atoms with Gasteiger partial charge in [0, 0.05) is 4.47 Å². The molecule has 0 radical (unpaired) electrons. The van der Waals surface area contributed by atoms with E-state index in [1.165, 1.54) is 6.07 Å².